The van der Waals surface area contributed by atoms with Crippen LogP contribution >= 0.6 is 0 Å². The molecule has 0 spiro atoms. The second-order valence-electron chi connectivity index (χ2n) is 6.29. The van der Waals surface area contributed by atoms with Crippen molar-refractivity contribution in [1.82, 2.24) is 5.32 Å². The molecule has 1 N–H and O–H groups in total. The molecule has 1 atom stereocenters. The Morgan fingerprint density at radius 1 is 1.37 bits per heavy atom. The summed E-state index contributed by atoms with van der Waals surface area (Å²) in [7, 11) is 0. The zero-order valence-electron chi connectivity index (χ0n) is 12.3. The summed E-state index contributed by atoms with van der Waals surface area (Å²) in [5.74, 6) is 0.841. The summed E-state index contributed by atoms with van der Waals surface area (Å²) in [4.78, 5) is 12.7. The zero-order valence-corrected chi connectivity index (χ0v) is 12.3. The Hall–Kier alpha value is -1.15. The molecule has 0 amide bonds. The minimum atomic E-state index is -0.226. The van der Waals surface area contributed by atoms with Gasteiger partial charge in [0.05, 0.1) is 0 Å². The summed E-state index contributed by atoms with van der Waals surface area (Å²) in [5.41, 5.74) is 2.16. The van der Waals surface area contributed by atoms with Gasteiger partial charge in [-0.15, -0.1) is 0 Å². The van der Waals surface area contributed by atoms with Gasteiger partial charge >= 0.3 is 0 Å². The van der Waals surface area contributed by atoms with Crippen LogP contribution in [0.15, 0.2) is 24.3 Å². The number of piperidine rings is 1. The highest BCUT2D eigenvalue weighted by Crippen LogP contribution is 2.33. The third-order valence-electron chi connectivity index (χ3n) is 4.65. The number of benzene rings is 1. The van der Waals surface area contributed by atoms with E-state index in [9.17, 15) is 4.79 Å². The number of Topliss-reactive ketones (excluding diaryl/α,β-unsaturated/α-hetero) is 1. The van der Waals surface area contributed by atoms with Crippen LogP contribution in [0.1, 0.15) is 37.8 Å². The standard InChI is InChI=1S/C17H25NO/c1-13-7-4-5-8-14(13)11-16(19)17(2,3)15-9-6-10-18-12-15/h4-5,7-8,15,18H,6,9-12H2,1-3H3. The molecule has 0 saturated carbocycles. The molecular weight excluding hydrogens is 234 g/mol. The van der Waals surface area contributed by atoms with E-state index in [1.807, 2.05) is 12.1 Å². The van der Waals surface area contributed by atoms with Crippen LogP contribution in [0.25, 0.3) is 0 Å². The lowest BCUT2D eigenvalue weighted by Gasteiger charge is -2.36. The molecule has 1 aliphatic rings. The molecule has 0 aliphatic carbocycles. The van der Waals surface area contributed by atoms with Gasteiger partial charge in [0.2, 0.25) is 0 Å². The fraction of sp³-hybridized carbons (Fsp3) is 0.588. The number of carbonyl (C=O) groups excluding carboxylic acids is 1. The first-order valence-electron chi connectivity index (χ1n) is 7.30. The fourth-order valence-electron chi connectivity index (χ4n) is 2.90. The van der Waals surface area contributed by atoms with Gasteiger partial charge in [-0.25, -0.2) is 0 Å². The molecule has 1 unspecified atom stereocenters. The minimum absolute atomic E-state index is 0.226. The van der Waals surface area contributed by atoms with Crippen molar-refractivity contribution in [2.75, 3.05) is 13.1 Å². The number of nitrogens with one attached hydrogen (secondary N) is 1. The van der Waals surface area contributed by atoms with E-state index in [4.69, 9.17) is 0 Å². The van der Waals surface area contributed by atoms with Gasteiger partial charge in [0, 0.05) is 11.8 Å². The number of rotatable bonds is 4. The first-order chi connectivity index (χ1) is 9.01. The molecule has 0 bridgehead atoms. The Morgan fingerprint density at radius 2 is 2.11 bits per heavy atom. The summed E-state index contributed by atoms with van der Waals surface area (Å²) in [6.45, 7) is 8.39. The molecule has 2 rings (SSSR count). The number of carbonyl (C=O) groups is 1. The smallest absolute Gasteiger partial charge is 0.143 e. The molecular formula is C17H25NO. The minimum Gasteiger partial charge on any atom is -0.316 e. The van der Waals surface area contributed by atoms with Gasteiger partial charge in [-0.1, -0.05) is 38.1 Å². The fourth-order valence-corrected chi connectivity index (χ4v) is 2.90. The molecule has 1 aliphatic heterocycles. The average Bonchev–Trinajstić information content (AvgIpc) is 2.42. The highest BCUT2D eigenvalue weighted by Gasteiger charge is 2.36. The van der Waals surface area contributed by atoms with Crippen molar-refractivity contribution in [1.29, 1.82) is 0 Å². The van der Waals surface area contributed by atoms with Crippen LogP contribution in [0.3, 0.4) is 0 Å². The molecule has 0 aromatic heterocycles. The van der Waals surface area contributed by atoms with Crippen LogP contribution in [-0.4, -0.2) is 18.9 Å². The number of aryl methyl sites for hydroxylation is 1. The van der Waals surface area contributed by atoms with E-state index in [1.54, 1.807) is 0 Å². The molecule has 2 heteroatoms. The molecule has 0 radical (unpaired) electrons. The van der Waals surface area contributed by atoms with Crippen LogP contribution in [0.2, 0.25) is 0 Å². The van der Waals surface area contributed by atoms with Gasteiger partial charge in [-0.05, 0) is 49.9 Å². The summed E-state index contributed by atoms with van der Waals surface area (Å²) in [6, 6.07) is 8.20. The number of hydrogen-bond acceptors (Lipinski definition) is 2. The maximum absolute atomic E-state index is 12.7. The molecule has 1 aromatic rings. The van der Waals surface area contributed by atoms with Crippen molar-refractivity contribution in [2.24, 2.45) is 11.3 Å². The van der Waals surface area contributed by atoms with E-state index >= 15 is 0 Å². The van der Waals surface area contributed by atoms with Gasteiger partial charge in [-0.3, -0.25) is 4.79 Å². The van der Waals surface area contributed by atoms with Crippen molar-refractivity contribution in [3.63, 3.8) is 0 Å². The monoisotopic (exact) mass is 259 g/mol. The third-order valence-corrected chi connectivity index (χ3v) is 4.65. The lowest BCUT2D eigenvalue weighted by Crippen LogP contribution is -2.43. The highest BCUT2D eigenvalue weighted by atomic mass is 16.1. The van der Waals surface area contributed by atoms with Crippen molar-refractivity contribution in [2.45, 2.75) is 40.0 Å². The van der Waals surface area contributed by atoms with Crippen LogP contribution < -0.4 is 5.32 Å². The van der Waals surface area contributed by atoms with Crippen molar-refractivity contribution < 1.29 is 4.79 Å². The predicted molar refractivity (Wildman–Crippen MR) is 79.3 cm³/mol. The maximum Gasteiger partial charge on any atom is 0.143 e. The van der Waals surface area contributed by atoms with Gasteiger partial charge < -0.3 is 5.32 Å². The number of ketones is 1. The first kappa shape index (κ1) is 14.3. The summed E-state index contributed by atoms with van der Waals surface area (Å²) in [6.07, 6.45) is 2.92. The Kier molecular flexibility index (Phi) is 4.41. The van der Waals surface area contributed by atoms with E-state index in [0.717, 1.165) is 13.1 Å². The van der Waals surface area contributed by atoms with Gasteiger partial charge in [0.25, 0.3) is 0 Å². The van der Waals surface area contributed by atoms with E-state index in [0.29, 0.717) is 18.1 Å². The Bertz CT molecular complexity index is 444. The Morgan fingerprint density at radius 3 is 2.74 bits per heavy atom. The van der Waals surface area contributed by atoms with Crippen molar-refractivity contribution in [3.05, 3.63) is 35.4 Å². The quantitative estimate of drug-likeness (QED) is 0.900. The predicted octanol–water partition coefficient (Wildman–Crippen LogP) is 3.13. The summed E-state index contributed by atoms with van der Waals surface area (Å²) >= 11 is 0. The second-order valence-corrected chi connectivity index (χ2v) is 6.29. The molecule has 1 fully saturated rings. The van der Waals surface area contributed by atoms with Crippen molar-refractivity contribution >= 4 is 5.78 Å². The largest absolute Gasteiger partial charge is 0.316 e. The average molecular weight is 259 g/mol. The van der Waals surface area contributed by atoms with E-state index in [2.05, 4.69) is 38.2 Å². The normalized spacial score (nSPS) is 20.3. The second kappa shape index (κ2) is 5.87. The zero-order chi connectivity index (χ0) is 13.9. The van der Waals surface area contributed by atoms with Gasteiger partial charge in [0.1, 0.15) is 5.78 Å². The molecule has 1 aromatic carbocycles. The summed E-state index contributed by atoms with van der Waals surface area (Å²) < 4.78 is 0. The first-order valence-corrected chi connectivity index (χ1v) is 7.30. The topological polar surface area (TPSA) is 29.1 Å². The number of hydrogen-bond donors (Lipinski definition) is 1. The molecule has 2 nitrogen and oxygen atoms in total. The van der Waals surface area contributed by atoms with E-state index < -0.39 is 0 Å². The lowest BCUT2D eigenvalue weighted by atomic mass is 9.70. The highest BCUT2D eigenvalue weighted by molar-refractivity contribution is 5.86. The molecule has 1 heterocycles. The van der Waals surface area contributed by atoms with Crippen LogP contribution in [0, 0.1) is 18.3 Å². The maximum atomic E-state index is 12.7. The SMILES string of the molecule is Cc1ccccc1CC(=O)C(C)(C)C1CCCNC1. The van der Waals surface area contributed by atoms with Crippen LogP contribution in [0.5, 0.6) is 0 Å². The Labute approximate surface area is 116 Å². The molecule has 104 valence electrons. The van der Waals surface area contributed by atoms with Crippen LogP contribution in [0.4, 0.5) is 0 Å². The summed E-state index contributed by atoms with van der Waals surface area (Å²) in [5, 5.41) is 3.42. The van der Waals surface area contributed by atoms with Gasteiger partial charge in [0.15, 0.2) is 0 Å². The van der Waals surface area contributed by atoms with E-state index in [1.165, 1.54) is 24.0 Å². The van der Waals surface area contributed by atoms with Crippen molar-refractivity contribution in [3.8, 4) is 0 Å². The lowest BCUT2D eigenvalue weighted by molar-refractivity contribution is -0.129. The third kappa shape index (κ3) is 3.24. The molecule has 1 saturated heterocycles. The molecule has 19 heavy (non-hydrogen) atoms. The van der Waals surface area contributed by atoms with Crippen LogP contribution in [-0.2, 0) is 11.2 Å². The van der Waals surface area contributed by atoms with Gasteiger partial charge in [-0.2, -0.15) is 0 Å². The van der Waals surface area contributed by atoms with E-state index in [-0.39, 0.29) is 5.41 Å². The Balaban J connectivity index is 2.08.